The number of anilines is 3. The second-order valence-electron chi connectivity index (χ2n) is 12.9. The van der Waals surface area contributed by atoms with Crippen molar-refractivity contribution in [3.63, 3.8) is 0 Å². The second-order valence-corrected chi connectivity index (χ2v) is 12.9. The molecular formula is C46H31N7. The van der Waals surface area contributed by atoms with Gasteiger partial charge in [0.1, 0.15) is 0 Å². The largest absolute Gasteiger partial charge is 0.316 e. The quantitative estimate of drug-likeness (QED) is 0.167. The van der Waals surface area contributed by atoms with Crippen molar-refractivity contribution in [3.05, 3.63) is 189 Å². The third-order valence-electron chi connectivity index (χ3n) is 9.78. The molecule has 0 N–H and O–H groups in total. The van der Waals surface area contributed by atoms with Crippen LogP contribution >= 0.6 is 0 Å². The Kier molecular flexibility index (Phi) is 7.32. The Balaban J connectivity index is 1.17. The standard InChI is InChI=1S/C46H31N7/c1-3-9-34(10-4-1)51-30-25-40-42(51)24-22-39-41-31-38(21-23-43(41)53(44(39)40)35-11-5-2-6-12-35)52(36-17-13-32(14-18-36)45-47-26-7-27-48-45)37-19-15-33(16-20-37)46-49-28-8-29-50-46/h1-31H. The first-order valence-electron chi connectivity index (χ1n) is 17.5. The topological polar surface area (TPSA) is 64.7 Å². The Hall–Kier alpha value is -7.38. The van der Waals surface area contributed by atoms with E-state index in [1.54, 1.807) is 24.8 Å². The van der Waals surface area contributed by atoms with Crippen LogP contribution in [0.5, 0.6) is 0 Å². The summed E-state index contributed by atoms with van der Waals surface area (Å²) < 4.78 is 4.67. The first kappa shape index (κ1) is 30.4. The molecule has 0 aliphatic heterocycles. The van der Waals surface area contributed by atoms with Crippen LogP contribution in [0.2, 0.25) is 0 Å². The smallest absolute Gasteiger partial charge is 0.159 e. The molecule has 0 atom stereocenters. The summed E-state index contributed by atoms with van der Waals surface area (Å²) in [5.74, 6) is 1.39. The lowest BCUT2D eigenvalue weighted by Gasteiger charge is -2.26. The highest BCUT2D eigenvalue weighted by Gasteiger charge is 2.20. The summed E-state index contributed by atoms with van der Waals surface area (Å²) in [6.45, 7) is 0. The number of fused-ring (bicyclic) bond motifs is 5. The highest BCUT2D eigenvalue weighted by atomic mass is 15.1. The summed E-state index contributed by atoms with van der Waals surface area (Å²) in [6, 6.07) is 55.2. The van der Waals surface area contributed by atoms with Crippen molar-refractivity contribution in [1.82, 2.24) is 29.1 Å². The van der Waals surface area contributed by atoms with Gasteiger partial charge in [-0.15, -0.1) is 0 Å². The number of nitrogens with zero attached hydrogens (tertiary/aromatic N) is 7. The minimum atomic E-state index is 0.695. The van der Waals surface area contributed by atoms with Crippen LogP contribution in [0.25, 0.3) is 66.9 Å². The highest BCUT2D eigenvalue weighted by Crippen LogP contribution is 2.42. The first-order chi connectivity index (χ1) is 26.3. The Bertz CT molecular complexity index is 2770. The van der Waals surface area contributed by atoms with Crippen LogP contribution in [0.15, 0.2) is 189 Å². The van der Waals surface area contributed by atoms with Crippen LogP contribution in [0, 0.1) is 0 Å². The van der Waals surface area contributed by atoms with Gasteiger partial charge in [-0.1, -0.05) is 42.5 Å². The lowest BCUT2D eigenvalue weighted by Crippen LogP contribution is -2.10. The molecule has 0 spiro atoms. The minimum Gasteiger partial charge on any atom is -0.316 e. The molecule has 10 aromatic rings. The molecule has 7 nitrogen and oxygen atoms in total. The van der Waals surface area contributed by atoms with E-state index in [1.165, 1.54) is 21.7 Å². The van der Waals surface area contributed by atoms with Crippen molar-refractivity contribution in [2.45, 2.75) is 0 Å². The molecule has 0 unspecified atom stereocenters. The maximum atomic E-state index is 4.47. The summed E-state index contributed by atoms with van der Waals surface area (Å²) in [6.07, 6.45) is 9.25. The molecule has 0 saturated carbocycles. The average Bonchev–Trinajstić information content (AvgIpc) is 3.82. The summed E-state index contributed by atoms with van der Waals surface area (Å²) in [4.78, 5) is 20.2. The van der Waals surface area contributed by atoms with Crippen molar-refractivity contribution in [3.8, 4) is 34.2 Å². The Morgan fingerprint density at radius 3 is 1.51 bits per heavy atom. The zero-order valence-corrected chi connectivity index (χ0v) is 28.5. The highest BCUT2D eigenvalue weighted by molar-refractivity contribution is 6.19. The van der Waals surface area contributed by atoms with E-state index in [0.29, 0.717) is 11.6 Å². The van der Waals surface area contributed by atoms with E-state index in [0.717, 1.165) is 50.6 Å². The van der Waals surface area contributed by atoms with Gasteiger partial charge in [-0.3, -0.25) is 0 Å². The van der Waals surface area contributed by atoms with Gasteiger partial charge in [0.2, 0.25) is 0 Å². The van der Waals surface area contributed by atoms with Crippen LogP contribution in [-0.2, 0) is 0 Å². The summed E-state index contributed by atoms with van der Waals surface area (Å²) >= 11 is 0. The van der Waals surface area contributed by atoms with E-state index in [1.807, 2.05) is 12.1 Å². The minimum absolute atomic E-state index is 0.695. The monoisotopic (exact) mass is 681 g/mol. The van der Waals surface area contributed by atoms with Gasteiger partial charge in [-0.2, -0.15) is 0 Å². The van der Waals surface area contributed by atoms with Gasteiger partial charge in [0, 0.05) is 86.7 Å². The number of benzene rings is 6. The first-order valence-corrected chi connectivity index (χ1v) is 17.5. The molecule has 53 heavy (non-hydrogen) atoms. The van der Waals surface area contributed by atoms with Crippen molar-refractivity contribution in [2.75, 3.05) is 4.90 Å². The summed E-state index contributed by atoms with van der Waals surface area (Å²) in [5.41, 5.74) is 10.7. The lowest BCUT2D eigenvalue weighted by atomic mass is 10.1. The van der Waals surface area contributed by atoms with Gasteiger partial charge in [0.25, 0.3) is 0 Å². The average molecular weight is 682 g/mol. The fraction of sp³-hybridized carbons (Fsp3) is 0. The van der Waals surface area contributed by atoms with E-state index in [2.05, 4.69) is 186 Å². The molecule has 0 bridgehead atoms. The summed E-state index contributed by atoms with van der Waals surface area (Å²) in [5, 5.41) is 3.56. The maximum absolute atomic E-state index is 4.47. The predicted molar refractivity (Wildman–Crippen MR) is 214 cm³/mol. The third-order valence-corrected chi connectivity index (χ3v) is 9.78. The lowest BCUT2D eigenvalue weighted by molar-refractivity contribution is 1.13. The van der Waals surface area contributed by atoms with E-state index in [4.69, 9.17) is 0 Å². The van der Waals surface area contributed by atoms with Gasteiger partial charge >= 0.3 is 0 Å². The molecule has 4 heterocycles. The van der Waals surface area contributed by atoms with Gasteiger partial charge < -0.3 is 14.0 Å². The van der Waals surface area contributed by atoms with E-state index in [9.17, 15) is 0 Å². The number of para-hydroxylation sites is 2. The van der Waals surface area contributed by atoms with Crippen molar-refractivity contribution in [1.29, 1.82) is 0 Å². The molecule has 4 aromatic heterocycles. The number of aromatic nitrogens is 6. The molecule has 250 valence electrons. The summed E-state index contributed by atoms with van der Waals surface area (Å²) in [7, 11) is 0. The fourth-order valence-corrected chi connectivity index (χ4v) is 7.38. The third kappa shape index (κ3) is 5.30. The predicted octanol–water partition coefficient (Wildman–Crippen LogP) is 11.1. The molecule has 0 aliphatic carbocycles. The van der Waals surface area contributed by atoms with Crippen molar-refractivity contribution < 1.29 is 0 Å². The molecule has 0 amide bonds. The fourth-order valence-electron chi connectivity index (χ4n) is 7.38. The van der Waals surface area contributed by atoms with Crippen LogP contribution in [0.3, 0.4) is 0 Å². The van der Waals surface area contributed by atoms with E-state index in [-0.39, 0.29) is 0 Å². The zero-order valence-electron chi connectivity index (χ0n) is 28.5. The number of hydrogen-bond donors (Lipinski definition) is 0. The van der Waals surface area contributed by atoms with Gasteiger partial charge in [0.15, 0.2) is 11.6 Å². The van der Waals surface area contributed by atoms with Crippen LogP contribution in [0.4, 0.5) is 17.1 Å². The van der Waals surface area contributed by atoms with E-state index < -0.39 is 0 Å². The molecule has 0 fully saturated rings. The SMILES string of the molecule is c1ccc(-n2ccc3c2ccc2c4cc(N(c5ccc(-c6ncccn6)cc5)c5ccc(-c6ncccn6)cc5)ccc4n(-c4ccccc4)c23)cc1. The van der Waals surface area contributed by atoms with Crippen molar-refractivity contribution >= 4 is 49.8 Å². The zero-order chi connectivity index (χ0) is 35.1. The molecule has 10 rings (SSSR count). The molecule has 0 radical (unpaired) electrons. The maximum Gasteiger partial charge on any atom is 0.159 e. The Morgan fingerprint density at radius 1 is 0.396 bits per heavy atom. The van der Waals surface area contributed by atoms with Gasteiger partial charge in [-0.05, 0) is 115 Å². The molecular weight excluding hydrogens is 651 g/mol. The van der Waals surface area contributed by atoms with Gasteiger partial charge in [0.05, 0.1) is 16.6 Å². The van der Waals surface area contributed by atoms with Gasteiger partial charge in [-0.25, -0.2) is 19.9 Å². The molecule has 0 aliphatic rings. The Labute approximate surface area is 305 Å². The second kappa shape index (κ2) is 12.7. The van der Waals surface area contributed by atoms with Crippen molar-refractivity contribution in [2.24, 2.45) is 0 Å². The normalized spacial score (nSPS) is 11.4. The Morgan fingerprint density at radius 2 is 0.925 bits per heavy atom. The van der Waals surface area contributed by atoms with Crippen LogP contribution < -0.4 is 4.90 Å². The van der Waals surface area contributed by atoms with E-state index >= 15 is 0 Å². The number of rotatable bonds is 7. The number of hydrogen-bond acceptors (Lipinski definition) is 5. The van der Waals surface area contributed by atoms with Crippen LogP contribution in [-0.4, -0.2) is 29.1 Å². The molecule has 0 saturated heterocycles. The molecule has 6 aromatic carbocycles. The van der Waals surface area contributed by atoms with Crippen LogP contribution in [0.1, 0.15) is 0 Å². The molecule has 7 heteroatoms.